The van der Waals surface area contributed by atoms with E-state index in [2.05, 4.69) is 10.5 Å². The number of allylic oxidation sites excluding steroid dienone is 1. The lowest BCUT2D eigenvalue weighted by atomic mass is 9.94. The number of hydrogen-bond acceptors (Lipinski definition) is 6. The van der Waals surface area contributed by atoms with Gasteiger partial charge in [0.25, 0.3) is 5.89 Å². The van der Waals surface area contributed by atoms with Gasteiger partial charge in [0.05, 0.1) is 31.5 Å². The van der Waals surface area contributed by atoms with Crippen LogP contribution < -0.4 is 10.1 Å². The van der Waals surface area contributed by atoms with Crippen molar-refractivity contribution in [1.29, 1.82) is 0 Å². The number of furan rings is 1. The van der Waals surface area contributed by atoms with Crippen molar-refractivity contribution in [2.75, 3.05) is 7.11 Å². The van der Waals surface area contributed by atoms with Gasteiger partial charge in [-0.3, -0.25) is 0 Å². The van der Waals surface area contributed by atoms with Crippen LogP contribution in [0.1, 0.15) is 35.7 Å². The molecule has 0 saturated heterocycles. The highest BCUT2D eigenvalue weighted by Crippen LogP contribution is 2.38. The van der Waals surface area contributed by atoms with Gasteiger partial charge in [-0.15, -0.1) is 0 Å². The molecule has 0 saturated carbocycles. The molecular weight excluding hydrogens is 448 g/mol. The van der Waals surface area contributed by atoms with Gasteiger partial charge in [0.1, 0.15) is 11.5 Å². The van der Waals surface area contributed by atoms with Gasteiger partial charge in [0, 0.05) is 11.3 Å². The number of benzene rings is 2. The van der Waals surface area contributed by atoms with Crippen LogP contribution in [0.2, 0.25) is 0 Å². The number of methoxy groups -OCH3 is 1. The second-order valence-corrected chi connectivity index (χ2v) is 8.50. The summed E-state index contributed by atoms with van der Waals surface area (Å²) in [6.45, 7) is 4.53. The van der Waals surface area contributed by atoms with E-state index in [4.69, 9.17) is 30.9 Å². The van der Waals surface area contributed by atoms with Crippen molar-refractivity contribution in [3.05, 3.63) is 95.4 Å². The third-order valence-electron chi connectivity index (χ3n) is 5.85. The summed E-state index contributed by atoms with van der Waals surface area (Å²) in [5, 5.41) is 8.32. The number of nitrogens with zero attached hydrogens (tertiary/aromatic N) is 3. The number of rotatable bonds is 6. The minimum Gasteiger partial charge on any atom is -0.497 e. The number of hydrogen-bond donors (Lipinski definition) is 1. The summed E-state index contributed by atoms with van der Waals surface area (Å²) < 4.78 is 16.8. The first-order valence-corrected chi connectivity index (χ1v) is 11.3. The van der Waals surface area contributed by atoms with Crippen molar-refractivity contribution in [2.24, 2.45) is 0 Å². The summed E-state index contributed by atoms with van der Waals surface area (Å²) >= 11 is 5.76. The molecule has 2 aromatic heterocycles. The predicted molar refractivity (Wildman–Crippen MR) is 133 cm³/mol. The highest BCUT2D eigenvalue weighted by atomic mass is 32.1. The molecule has 172 valence electrons. The summed E-state index contributed by atoms with van der Waals surface area (Å²) in [5.41, 5.74) is 4.76. The average molecular weight is 473 g/mol. The molecule has 34 heavy (non-hydrogen) atoms. The van der Waals surface area contributed by atoms with Crippen LogP contribution in [0.4, 0.5) is 0 Å². The smallest absolute Gasteiger partial charge is 0.258 e. The maximum Gasteiger partial charge on any atom is 0.258 e. The SMILES string of the molecule is COc1cccc(C2NC(=S)N(Cc3ccco3)C(C)=C2c2nc(-c3cccc(C)c3)no2)c1. The van der Waals surface area contributed by atoms with E-state index in [1.165, 1.54) is 0 Å². The highest BCUT2D eigenvalue weighted by Gasteiger charge is 2.34. The molecule has 1 atom stereocenters. The molecule has 7 nitrogen and oxygen atoms in total. The lowest BCUT2D eigenvalue weighted by Crippen LogP contribution is -2.45. The fourth-order valence-corrected chi connectivity index (χ4v) is 4.43. The van der Waals surface area contributed by atoms with Crippen LogP contribution >= 0.6 is 12.2 Å². The van der Waals surface area contributed by atoms with Crippen molar-refractivity contribution in [2.45, 2.75) is 26.4 Å². The third kappa shape index (κ3) is 4.20. The summed E-state index contributed by atoms with van der Waals surface area (Å²) in [4.78, 5) is 6.75. The van der Waals surface area contributed by atoms with E-state index >= 15 is 0 Å². The van der Waals surface area contributed by atoms with E-state index in [1.807, 2.05) is 79.4 Å². The molecule has 5 rings (SSSR count). The van der Waals surface area contributed by atoms with Gasteiger partial charge in [-0.25, -0.2) is 0 Å². The molecule has 0 aliphatic carbocycles. The largest absolute Gasteiger partial charge is 0.497 e. The van der Waals surface area contributed by atoms with Gasteiger partial charge >= 0.3 is 0 Å². The van der Waals surface area contributed by atoms with E-state index in [0.717, 1.165) is 39.5 Å². The lowest BCUT2D eigenvalue weighted by Gasteiger charge is -2.37. The third-order valence-corrected chi connectivity index (χ3v) is 6.19. The van der Waals surface area contributed by atoms with Crippen LogP contribution in [-0.2, 0) is 6.54 Å². The van der Waals surface area contributed by atoms with Gasteiger partial charge in [-0.05, 0) is 62.0 Å². The predicted octanol–water partition coefficient (Wildman–Crippen LogP) is 5.51. The Bertz CT molecular complexity index is 1360. The second kappa shape index (κ2) is 9.15. The maximum absolute atomic E-state index is 5.81. The van der Waals surface area contributed by atoms with Crippen molar-refractivity contribution >= 4 is 22.9 Å². The Morgan fingerprint density at radius 3 is 2.71 bits per heavy atom. The minimum absolute atomic E-state index is 0.290. The molecule has 0 amide bonds. The monoisotopic (exact) mass is 472 g/mol. The molecule has 4 aromatic rings. The Morgan fingerprint density at radius 1 is 1.09 bits per heavy atom. The highest BCUT2D eigenvalue weighted by molar-refractivity contribution is 7.80. The Balaban J connectivity index is 1.61. The normalized spacial score (nSPS) is 16.0. The molecule has 0 radical (unpaired) electrons. The summed E-state index contributed by atoms with van der Waals surface area (Å²) in [5.74, 6) is 2.52. The molecule has 2 aromatic carbocycles. The molecular formula is C26H24N4O3S. The van der Waals surface area contributed by atoms with Crippen LogP contribution in [0, 0.1) is 6.92 Å². The number of thiocarbonyl (C=S) groups is 1. The standard InChI is InChI=1S/C26H24N4O3S/c1-16-7-4-9-19(13-16)24-28-25(33-29-24)22-17(2)30(15-21-11-6-12-32-21)26(34)27-23(22)18-8-5-10-20(14-18)31-3/h4-14,23H,15H2,1-3H3,(H,27,34). The van der Waals surface area contributed by atoms with Crippen LogP contribution in [0.5, 0.6) is 5.75 Å². The summed E-state index contributed by atoms with van der Waals surface area (Å²) in [6.07, 6.45) is 1.65. The zero-order chi connectivity index (χ0) is 23.7. The molecule has 0 bridgehead atoms. The summed E-state index contributed by atoms with van der Waals surface area (Å²) in [6, 6.07) is 19.4. The van der Waals surface area contributed by atoms with Gasteiger partial charge in [0.2, 0.25) is 5.82 Å². The van der Waals surface area contributed by atoms with Crippen LogP contribution in [0.3, 0.4) is 0 Å². The fraction of sp³-hybridized carbons (Fsp3) is 0.192. The van der Waals surface area contributed by atoms with Gasteiger partial charge in [-0.1, -0.05) is 41.1 Å². The zero-order valence-electron chi connectivity index (χ0n) is 19.1. The molecule has 0 fully saturated rings. The number of nitrogens with one attached hydrogen (secondary N) is 1. The van der Waals surface area contributed by atoms with Crippen molar-refractivity contribution in [3.8, 4) is 17.1 Å². The maximum atomic E-state index is 5.81. The number of aromatic nitrogens is 2. The topological polar surface area (TPSA) is 76.6 Å². The van der Waals surface area contributed by atoms with Crippen molar-refractivity contribution in [3.63, 3.8) is 0 Å². The van der Waals surface area contributed by atoms with Crippen LogP contribution in [-0.4, -0.2) is 27.3 Å². The van der Waals surface area contributed by atoms with E-state index in [-0.39, 0.29) is 6.04 Å². The fourth-order valence-electron chi connectivity index (χ4n) is 4.11. The zero-order valence-corrected chi connectivity index (χ0v) is 19.9. The van der Waals surface area contributed by atoms with Crippen LogP contribution in [0.25, 0.3) is 17.0 Å². The average Bonchev–Trinajstić information content (AvgIpc) is 3.54. The molecule has 8 heteroatoms. The van der Waals surface area contributed by atoms with Gasteiger partial charge in [0.15, 0.2) is 5.11 Å². The van der Waals surface area contributed by atoms with E-state index in [9.17, 15) is 0 Å². The van der Waals surface area contributed by atoms with Gasteiger partial charge in [-0.2, -0.15) is 4.98 Å². The van der Waals surface area contributed by atoms with E-state index in [0.29, 0.717) is 23.4 Å². The van der Waals surface area contributed by atoms with Crippen molar-refractivity contribution in [1.82, 2.24) is 20.4 Å². The molecule has 1 N–H and O–H groups in total. The molecule has 0 spiro atoms. The number of aryl methyl sites for hydroxylation is 1. The van der Waals surface area contributed by atoms with E-state index < -0.39 is 0 Å². The first-order valence-electron chi connectivity index (χ1n) is 10.9. The molecule has 1 unspecified atom stereocenters. The van der Waals surface area contributed by atoms with Crippen molar-refractivity contribution < 1.29 is 13.7 Å². The lowest BCUT2D eigenvalue weighted by molar-refractivity contribution is 0.382. The Morgan fingerprint density at radius 2 is 1.94 bits per heavy atom. The molecule has 3 heterocycles. The first kappa shape index (κ1) is 21.9. The summed E-state index contributed by atoms with van der Waals surface area (Å²) in [7, 11) is 1.65. The Labute approximate surface area is 203 Å². The van der Waals surface area contributed by atoms with E-state index in [1.54, 1.807) is 13.4 Å². The Hall–Kier alpha value is -3.91. The molecule has 1 aliphatic heterocycles. The quantitative estimate of drug-likeness (QED) is 0.368. The Kier molecular flexibility index (Phi) is 5.90. The van der Waals surface area contributed by atoms with Gasteiger partial charge < -0.3 is 23.9 Å². The number of ether oxygens (including phenoxy) is 1. The second-order valence-electron chi connectivity index (χ2n) is 8.12. The first-order chi connectivity index (χ1) is 16.5. The molecule has 1 aliphatic rings. The van der Waals surface area contributed by atoms with Crippen LogP contribution in [0.15, 0.2) is 81.6 Å². The minimum atomic E-state index is -0.290.